The molecule has 0 aliphatic heterocycles. The van der Waals surface area contributed by atoms with E-state index >= 15 is 0 Å². The first kappa shape index (κ1) is 29.7. The number of para-hydroxylation sites is 3. The third-order valence-corrected chi connectivity index (χ3v) is 11.0. The van der Waals surface area contributed by atoms with Crippen LogP contribution in [0.25, 0.3) is 104 Å². The molecule has 7 heteroatoms. The average Bonchev–Trinajstić information content (AvgIpc) is 3.92. The molecule has 0 spiro atoms. The first-order valence-electron chi connectivity index (χ1n) is 17.5. The summed E-state index contributed by atoms with van der Waals surface area (Å²) in [7, 11) is 0. The van der Waals surface area contributed by atoms with Crippen LogP contribution in [0.15, 0.2) is 168 Å². The van der Waals surface area contributed by atoms with Gasteiger partial charge in [0.15, 0.2) is 23.1 Å². The maximum absolute atomic E-state index is 6.31. The van der Waals surface area contributed by atoms with Crippen molar-refractivity contribution in [1.82, 2.24) is 24.5 Å². The minimum Gasteiger partial charge on any atom is -0.436 e. The summed E-state index contributed by atoms with van der Waals surface area (Å²) in [5, 5.41) is 4.88. The van der Waals surface area contributed by atoms with Crippen molar-refractivity contribution >= 4 is 64.4 Å². The molecule has 4 heterocycles. The van der Waals surface area contributed by atoms with Crippen molar-refractivity contribution in [2.45, 2.75) is 0 Å². The van der Waals surface area contributed by atoms with Gasteiger partial charge in [0.1, 0.15) is 5.52 Å². The molecule has 248 valence electrons. The number of oxazole rings is 1. The molecule has 0 unspecified atom stereocenters. The number of aromatic nitrogens is 5. The van der Waals surface area contributed by atoms with Crippen molar-refractivity contribution < 1.29 is 4.42 Å². The highest BCUT2D eigenvalue weighted by molar-refractivity contribution is 7.25. The maximum Gasteiger partial charge on any atom is 0.227 e. The molecule has 11 rings (SSSR count). The Morgan fingerprint density at radius 3 is 1.87 bits per heavy atom. The van der Waals surface area contributed by atoms with Gasteiger partial charge in [0.05, 0.1) is 16.7 Å². The number of benzene rings is 7. The smallest absolute Gasteiger partial charge is 0.227 e. The summed E-state index contributed by atoms with van der Waals surface area (Å²) >= 11 is 1.84. The minimum absolute atomic E-state index is 0.535. The maximum atomic E-state index is 6.31. The van der Waals surface area contributed by atoms with Crippen LogP contribution in [0.2, 0.25) is 0 Å². The van der Waals surface area contributed by atoms with Crippen LogP contribution in [-0.4, -0.2) is 24.5 Å². The molecule has 0 atom stereocenters. The molecule has 6 nitrogen and oxygen atoms in total. The van der Waals surface area contributed by atoms with Gasteiger partial charge in [-0.25, -0.2) is 19.9 Å². The fourth-order valence-electron chi connectivity index (χ4n) is 7.41. The molecule has 0 radical (unpaired) electrons. The van der Waals surface area contributed by atoms with Gasteiger partial charge in [-0.15, -0.1) is 11.3 Å². The van der Waals surface area contributed by atoms with Crippen LogP contribution in [0.3, 0.4) is 0 Å². The van der Waals surface area contributed by atoms with E-state index in [1.807, 2.05) is 96.3 Å². The molecule has 0 amide bonds. The van der Waals surface area contributed by atoms with Crippen LogP contribution in [-0.2, 0) is 0 Å². The highest BCUT2D eigenvalue weighted by atomic mass is 32.1. The van der Waals surface area contributed by atoms with Crippen LogP contribution in [0.4, 0.5) is 0 Å². The summed E-state index contributed by atoms with van der Waals surface area (Å²) in [5.74, 6) is 2.29. The van der Waals surface area contributed by atoms with Crippen molar-refractivity contribution in [3.05, 3.63) is 164 Å². The zero-order valence-electron chi connectivity index (χ0n) is 28.1. The highest BCUT2D eigenvalue weighted by Crippen LogP contribution is 2.42. The van der Waals surface area contributed by atoms with E-state index in [-0.39, 0.29) is 0 Å². The lowest BCUT2D eigenvalue weighted by Crippen LogP contribution is -2.04. The predicted octanol–water partition coefficient (Wildman–Crippen LogP) is 12.1. The zero-order chi connectivity index (χ0) is 34.9. The fraction of sp³-hybridized carbons (Fsp3) is 0. The summed E-state index contributed by atoms with van der Waals surface area (Å²) < 4.78 is 11.2. The molecular weight excluding hydrogens is 671 g/mol. The summed E-state index contributed by atoms with van der Waals surface area (Å²) in [6.45, 7) is 0. The minimum atomic E-state index is 0.535. The van der Waals surface area contributed by atoms with E-state index in [0.29, 0.717) is 23.4 Å². The van der Waals surface area contributed by atoms with E-state index < -0.39 is 0 Å². The van der Waals surface area contributed by atoms with Crippen molar-refractivity contribution in [2.24, 2.45) is 0 Å². The van der Waals surface area contributed by atoms with Crippen molar-refractivity contribution in [3.63, 3.8) is 0 Å². The molecule has 0 saturated heterocycles. The first-order chi connectivity index (χ1) is 26.2. The standard InChI is InChI=1S/C46H27N5OS/c1-3-13-28(14-4-1)43-48-44(29-15-5-2-6-16-29)50-45(49-43)35-25-30(46-47-36-19-9-11-21-40(36)52-46)23-24-38(35)51-37-20-10-7-17-31(37)33-27-42-34(26-39(33)51)32-18-8-12-22-41(32)53-42/h1-27H. The van der Waals surface area contributed by atoms with E-state index in [4.69, 9.17) is 24.4 Å². The molecule has 7 aromatic carbocycles. The van der Waals surface area contributed by atoms with Gasteiger partial charge >= 0.3 is 0 Å². The van der Waals surface area contributed by atoms with Crippen LogP contribution in [0.5, 0.6) is 0 Å². The predicted molar refractivity (Wildman–Crippen MR) is 216 cm³/mol. The molecule has 0 N–H and O–H groups in total. The van der Waals surface area contributed by atoms with Gasteiger partial charge in [-0.05, 0) is 54.6 Å². The average molecular weight is 698 g/mol. The Kier molecular flexibility index (Phi) is 6.62. The Morgan fingerprint density at radius 1 is 0.434 bits per heavy atom. The van der Waals surface area contributed by atoms with Crippen LogP contribution < -0.4 is 0 Å². The largest absolute Gasteiger partial charge is 0.436 e. The Morgan fingerprint density at radius 2 is 1.09 bits per heavy atom. The van der Waals surface area contributed by atoms with Gasteiger partial charge in [-0.2, -0.15) is 0 Å². The lowest BCUT2D eigenvalue weighted by Gasteiger charge is -2.15. The number of rotatable bonds is 5. The monoisotopic (exact) mass is 697 g/mol. The number of hydrogen-bond donors (Lipinski definition) is 0. The van der Waals surface area contributed by atoms with Crippen LogP contribution >= 0.6 is 11.3 Å². The number of nitrogens with zero attached hydrogens (tertiary/aromatic N) is 5. The normalized spacial score (nSPS) is 11.8. The SMILES string of the molecule is c1ccc(-c2nc(-c3ccccc3)nc(-c3cc(-c4nc5ccccc5o4)ccc3-n3c4ccccc4c4cc5sc6ccccc6c5cc43)n2)cc1. The van der Waals surface area contributed by atoms with Crippen LogP contribution in [0.1, 0.15) is 0 Å². The molecule has 0 saturated carbocycles. The van der Waals surface area contributed by atoms with Gasteiger partial charge in [-0.1, -0.05) is 109 Å². The Labute approximate surface area is 307 Å². The summed E-state index contributed by atoms with van der Waals surface area (Å²) in [4.78, 5) is 20.3. The molecular formula is C46H27N5OS. The lowest BCUT2D eigenvalue weighted by molar-refractivity contribution is 0.620. The highest BCUT2D eigenvalue weighted by Gasteiger charge is 2.22. The van der Waals surface area contributed by atoms with Crippen molar-refractivity contribution in [2.75, 3.05) is 0 Å². The number of hydrogen-bond acceptors (Lipinski definition) is 6. The molecule has 0 aliphatic rings. The third kappa shape index (κ3) is 4.86. The van der Waals surface area contributed by atoms with E-state index in [9.17, 15) is 0 Å². The van der Waals surface area contributed by atoms with E-state index in [0.717, 1.165) is 50.1 Å². The summed E-state index contributed by atoms with van der Waals surface area (Å²) in [5.41, 5.74) is 8.18. The second kappa shape index (κ2) is 11.8. The molecule has 11 aromatic rings. The topological polar surface area (TPSA) is 69.6 Å². The van der Waals surface area contributed by atoms with Gasteiger partial charge in [0.25, 0.3) is 0 Å². The quantitative estimate of drug-likeness (QED) is 0.179. The van der Waals surface area contributed by atoms with Gasteiger partial charge in [-0.3, -0.25) is 0 Å². The third-order valence-electron chi connectivity index (χ3n) is 9.89. The Bertz CT molecular complexity index is 3090. The summed E-state index contributed by atoms with van der Waals surface area (Å²) in [6, 6.07) is 56.3. The van der Waals surface area contributed by atoms with Crippen molar-refractivity contribution in [3.8, 4) is 51.3 Å². The molecule has 0 fully saturated rings. The molecule has 0 bridgehead atoms. The van der Waals surface area contributed by atoms with E-state index in [1.54, 1.807) is 0 Å². The van der Waals surface area contributed by atoms with E-state index in [2.05, 4.69) is 83.4 Å². The zero-order valence-corrected chi connectivity index (χ0v) is 29.0. The van der Waals surface area contributed by atoms with Gasteiger partial charge in [0.2, 0.25) is 5.89 Å². The second-order valence-electron chi connectivity index (χ2n) is 13.1. The Balaban J connectivity index is 1.24. The fourth-order valence-corrected chi connectivity index (χ4v) is 8.54. The molecule has 53 heavy (non-hydrogen) atoms. The summed E-state index contributed by atoms with van der Waals surface area (Å²) in [6.07, 6.45) is 0. The lowest BCUT2D eigenvalue weighted by atomic mass is 10.1. The number of thiophene rings is 1. The van der Waals surface area contributed by atoms with Gasteiger partial charge in [0, 0.05) is 53.2 Å². The van der Waals surface area contributed by atoms with E-state index in [1.165, 1.54) is 30.9 Å². The second-order valence-corrected chi connectivity index (χ2v) is 14.2. The van der Waals surface area contributed by atoms with Crippen molar-refractivity contribution in [1.29, 1.82) is 0 Å². The van der Waals surface area contributed by atoms with Gasteiger partial charge < -0.3 is 8.98 Å². The molecule has 0 aliphatic carbocycles. The first-order valence-corrected chi connectivity index (χ1v) is 18.3. The number of fused-ring (bicyclic) bond motifs is 7. The Hall–Kier alpha value is -6.96. The van der Waals surface area contributed by atoms with Crippen LogP contribution in [0, 0.1) is 0 Å². The molecule has 4 aromatic heterocycles.